The van der Waals surface area contributed by atoms with E-state index in [2.05, 4.69) is 29.2 Å². The summed E-state index contributed by atoms with van der Waals surface area (Å²) in [4.78, 5) is 13.0. The van der Waals surface area contributed by atoms with Crippen LogP contribution in [0.5, 0.6) is 11.5 Å². The van der Waals surface area contributed by atoms with Gasteiger partial charge in [-0.2, -0.15) is 4.31 Å². The molecule has 190 valence electrons. The predicted molar refractivity (Wildman–Crippen MR) is 148 cm³/mol. The minimum absolute atomic E-state index is 0.00295. The number of sulfonamides is 1. The number of carbonyl (C=O) groups is 1. The van der Waals surface area contributed by atoms with Crippen molar-refractivity contribution in [1.29, 1.82) is 0 Å². The highest BCUT2D eigenvalue weighted by molar-refractivity contribution is 14.1. The van der Waals surface area contributed by atoms with E-state index in [0.717, 1.165) is 25.8 Å². The average molecular weight is 629 g/mol. The molecule has 2 aliphatic heterocycles. The summed E-state index contributed by atoms with van der Waals surface area (Å²) in [5.41, 5.74) is 3.97. The number of fused-ring (bicyclic) bond motifs is 2. The molecular weight excluding hydrogens is 605 g/mol. The molecule has 0 saturated carbocycles. The molecule has 0 bridgehead atoms. The lowest BCUT2D eigenvalue weighted by atomic mass is 9.89. The number of nitrogens with zero attached hydrogens (tertiary/aromatic N) is 1. The average Bonchev–Trinajstić information content (AvgIpc) is 3.31. The van der Waals surface area contributed by atoms with Gasteiger partial charge in [-0.3, -0.25) is 0 Å². The van der Waals surface area contributed by atoms with E-state index in [4.69, 9.17) is 14.2 Å². The highest BCUT2D eigenvalue weighted by Gasteiger charge is 2.42. The minimum Gasteiger partial charge on any atom is -0.466 e. The first-order chi connectivity index (χ1) is 17.7. The van der Waals surface area contributed by atoms with Crippen molar-refractivity contribution >= 4 is 44.2 Å². The molecular formula is C28H24INO6S. The molecule has 37 heavy (non-hydrogen) atoms. The maximum Gasteiger partial charge on any atom is 0.335 e. The van der Waals surface area contributed by atoms with Crippen LogP contribution in [0.2, 0.25) is 0 Å². The molecule has 2 aliphatic rings. The molecule has 0 unspecified atom stereocenters. The van der Waals surface area contributed by atoms with Crippen LogP contribution in [0.25, 0.3) is 5.57 Å². The van der Waals surface area contributed by atoms with E-state index < -0.39 is 22.0 Å². The van der Waals surface area contributed by atoms with Crippen molar-refractivity contribution < 1.29 is 27.4 Å². The first-order valence-corrected chi connectivity index (χ1v) is 14.0. The van der Waals surface area contributed by atoms with Gasteiger partial charge in [0.25, 0.3) is 0 Å². The van der Waals surface area contributed by atoms with Crippen molar-refractivity contribution in [3.05, 3.63) is 105 Å². The summed E-state index contributed by atoms with van der Waals surface area (Å²) in [5.74, 6) is 0.322. The first-order valence-electron chi connectivity index (χ1n) is 11.5. The summed E-state index contributed by atoms with van der Waals surface area (Å²) in [7, 11) is -2.83. The van der Waals surface area contributed by atoms with E-state index >= 15 is 0 Å². The SMILES string of the molecule is C=C(C(=O)OC)[C@H]1c2cc3c(cc2C(c2ccccc2)=C(I)CN1S(=O)(=O)c1ccc(C)cc1)OCO3. The smallest absolute Gasteiger partial charge is 0.335 e. The third kappa shape index (κ3) is 4.55. The zero-order valence-electron chi connectivity index (χ0n) is 20.2. The van der Waals surface area contributed by atoms with Gasteiger partial charge in [0.2, 0.25) is 16.8 Å². The van der Waals surface area contributed by atoms with Crippen LogP contribution in [-0.2, 0) is 19.6 Å². The molecule has 2 heterocycles. The van der Waals surface area contributed by atoms with E-state index in [1.165, 1.54) is 11.4 Å². The molecule has 5 rings (SSSR count). The second-order valence-corrected chi connectivity index (χ2v) is 11.9. The summed E-state index contributed by atoms with van der Waals surface area (Å²) in [6.45, 7) is 5.96. The van der Waals surface area contributed by atoms with Gasteiger partial charge in [-0.05, 0) is 76.0 Å². The monoisotopic (exact) mass is 629 g/mol. The van der Waals surface area contributed by atoms with Gasteiger partial charge >= 0.3 is 5.97 Å². The number of halogens is 1. The minimum atomic E-state index is -4.08. The highest BCUT2D eigenvalue weighted by Crippen LogP contribution is 2.48. The Kier molecular flexibility index (Phi) is 6.86. The number of hydrogen-bond acceptors (Lipinski definition) is 6. The van der Waals surface area contributed by atoms with Crippen LogP contribution in [0.1, 0.15) is 28.3 Å². The molecule has 1 atom stereocenters. The van der Waals surface area contributed by atoms with E-state index in [9.17, 15) is 13.2 Å². The number of benzene rings is 3. The topological polar surface area (TPSA) is 82.1 Å². The Hall–Kier alpha value is -3.15. The molecule has 0 amide bonds. The molecule has 3 aromatic carbocycles. The van der Waals surface area contributed by atoms with Crippen LogP contribution in [-0.4, -0.2) is 39.1 Å². The van der Waals surface area contributed by atoms with E-state index in [-0.39, 0.29) is 23.8 Å². The summed E-state index contributed by atoms with van der Waals surface area (Å²) >= 11 is 2.19. The van der Waals surface area contributed by atoms with Gasteiger partial charge in [0.15, 0.2) is 11.5 Å². The largest absolute Gasteiger partial charge is 0.466 e. The molecule has 7 nitrogen and oxygen atoms in total. The summed E-state index contributed by atoms with van der Waals surface area (Å²) < 4.78 is 46.7. The van der Waals surface area contributed by atoms with Gasteiger partial charge in [-0.1, -0.05) is 54.6 Å². The fourth-order valence-electron chi connectivity index (χ4n) is 4.60. The molecule has 0 aromatic heterocycles. The van der Waals surface area contributed by atoms with Crippen LogP contribution in [0.4, 0.5) is 0 Å². The predicted octanol–water partition coefficient (Wildman–Crippen LogP) is 5.39. The number of aryl methyl sites for hydroxylation is 1. The van der Waals surface area contributed by atoms with Crippen LogP contribution < -0.4 is 9.47 Å². The highest BCUT2D eigenvalue weighted by atomic mass is 127. The van der Waals surface area contributed by atoms with Gasteiger partial charge in [-0.25, -0.2) is 13.2 Å². The lowest BCUT2D eigenvalue weighted by Gasteiger charge is -2.31. The van der Waals surface area contributed by atoms with Gasteiger partial charge in [0.05, 0.1) is 23.6 Å². The van der Waals surface area contributed by atoms with Crippen molar-refractivity contribution in [3.63, 3.8) is 0 Å². The number of carbonyl (C=O) groups excluding carboxylic acids is 1. The summed E-state index contributed by atoms with van der Waals surface area (Å²) in [6.07, 6.45) is 0. The number of hydrogen-bond donors (Lipinski definition) is 0. The zero-order valence-corrected chi connectivity index (χ0v) is 23.2. The number of esters is 1. The van der Waals surface area contributed by atoms with Gasteiger partial charge in [-0.15, -0.1) is 0 Å². The summed E-state index contributed by atoms with van der Waals surface area (Å²) in [6, 6.07) is 18.9. The van der Waals surface area contributed by atoms with Crippen molar-refractivity contribution in [2.24, 2.45) is 0 Å². The Morgan fingerprint density at radius 2 is 1.70 bits per heavy atom. The summed E-state index contributed by atoms with van der Waals surface area (Å²) in [5, 5.41) is 0. The lowest BCUT2D eigenvalue weighted by Crippen LogP contribution is -2.37. The van der Waals surface area contributed by atoms with Crippen molar-refractivity contribution in [3.8, 4) is 11.5 Å². The van der Waals surface area contributed by atoms with Crippen LogP contribution in [0.15, 0.2) is 87.4 Å². The van der Waals surface area contributed by atoms with Gasteiger partial charge < -0.3 is 14.2 Å². The molecule has 3 aromatic rings. The normalized spacial score (nSPS) is 17.2. The third-order valence-corrected chi connectivity index (χ3v) is 9.14. The lowest BCUT2D eigenvalue weighted by molar-refractivity contribution is -0.136. The van der Waals surface area contributed by atoms with E-state index in [1.54, 1.807) is 30.3 Å². The maximum absolute atomic E-state index is 14.2. The van der Waals surface area contributed by atoms with Crippen LogP contribution in [0, 0.1) is 6.92 Å². The fourth-order valence-corrected chi connectivity index (χ4v) is 7.37. The second kappa shape index (κ2) is 9.96. The standard InChI is InChI=1S/C28H24INO6S/c1-17-9-11-20(12-10-17)37(32,33)30-15-23(29)26(19-7-5-4-6-8-19)21-13-24-25(36-16-35-24)14-22(21)27(30)18(2)28(31)34-3/h4-14,27H,2,15-16H2,1,3H3/t27-/m0/s1. The van der Waals surface area contributed by atoms with Crippen molar-refractivity contribution in [2.45, 2.75) is 17.9 Å². The molecule has 9 heteroatoms. The quantitative estimate of drug-likeness (QED) is 0.214. The molecule has 0 aliphatic carbocycles. The Bertz CT molecular complexity index is 1530. The number of ether oxygens (including phenoxy) is 3. The third-order valence-electron chi connectivity index (χ3n) is 6.43. The second-order valence-electron chi connectivity index (χ2n) is 8.72. The Balaban J connectivity index is 1.82. The van der Waals surface area contributed by atoms with Crippen LogP contribution >= 0.6 is 22.6 Å². The van der Waals surface area contributed by atoms with Gasteiger partial charge in [0, 0.05) is 10.1 Å². The van der Waals surface area contributed by atoms with Crippen LogP contribution in [0.3, 0.4) is 0 Å². The Morgan fingerprint density at radius 3 is 2.35 bits per heavy atom. The van der Waals surface area contributed by atoms with E-state index in [0.29, 0.717) is 17.1 Å². The zero-order chi connectivity index (χ0) is 26.3. The Morgan fingerprint density at radius 1 is 1.05 bits per heavy atom. The maximum atomic E-state index is 14.2. The molecule has 0 spiro atoms. The van der Waals surface area contributed by atoms with Crippen molar-refractivity contribution in [2.75, 3.05) is 20.4 Å². The first kappa shape index (κ1) is 25.5. The van der Waals surface area contributed by atoms with Gasteiger partial charge in [0.1, 0.15) is 0 Å². The Labute approximate surface area is 229 Å². The number of methoxy groups -OCH3 is 1. The molecule has 0 fully saturated rings. The molecule has 0 N–H and O–H groups in total. The van der Waals surface area contributed by atoms with E-state index in [1.807, 2.05) is 43.3 Å². The molecule has 0 radical (unpaired) electrons. The molecule has 0 saturated heterocycles. The fraction of sp³-hybridized carbons (Fsp3) is 0.179. The number of rotatable bonds is 5. The van der Waals surface area contributed by atoms with Crippen molar-refractivity contribution in [1.82, 2.24) is 4.31 Å².